The molecule has 0 amide bonds. The highest BCUT2D eigenvalue weighted by atomic mass is 16.5. The number of benzene rings is 4. The highest BCUT2D eigenvalue weighted by Crippen LogP contribution is 2.55. The first-order valence-corrected chi connectivity index (χ1v) is 15.2. The van der Waals surface area contributed by atoms with Crippen LogP contribution in [0, 0.1) is 0 Å². The molecular weight excluding hydrogens is 472 g/mol. The minimum absolute atomic E-state index is 0.131. The molecule has 0 fully saturated rings. The summed E-state index contributed by atoms with van der Waals surface area (Å²) in [4.78, 5) is 0. The van der Waals surface area contributed by atoms with Crippen molar-refractivity contribution in [3.8, 4) is 39.1 Å². The first-order chi connectivity index (χ1) is 19.2. The first kappa shape index (κ1) is 27.3. The number of hydrogen-bond acceptors (Lipinski definition) is 1. The Morgan fingerprint density at radius 2 is 1.03 bits per heavy atom. The zero-order valence-electron chi connectivity index (χ0n) is 24.1. The predicted molar refractivity (Wildman–Crippen MR) is 168 cm³/mol. The van der Waals surface area contributed by atoms with Gasteiger partial charge in [0.05, 0.1) is 7.11 Å². The monoisotopic (exact) mass is 516 g/mol. The second-order valence-electron chi connectivity index (χ2n) is 11.3. The Morgan fingerprint density at radius 3 is 1.62 bits per heavy atom. The summed E-state index contributed by atoms with van der Waals surface area (Å²) >= 11 is 0. The van der Waals surface area contributed by atoms with Gasteiger partial charge in [-0.25, -0.2) is 0 Å². The largest absolute Gasteiger partial charge is 0.497 e. The molecule has 0 unspecified atom stereocenters. The lowest BCUT2D eigenvalue weighted by Crippen LogP contribution is -2.25. The molecule has 0 bridgehead atoms. The maximum atomic E-state index is 5.33. The van der Waals surface area contributed by atoms with Crippen molar-refractivity contribution in [3.63, 3.8) is 0 Å². The maximum absolute atomic E-state index is 5.33. The van der Waals surface area contributed by atoms with E-state index in [-0.39, 0.29) is 5.41 Å². The summed E-state index contributed by atoms with van der Waals surface area (Å²) in [5.41, 5.74) is 11.2. The molecule has 4 aromatic carbocycles. The van der Waals surface area contributed by atoms with Crippen molar-refractivity contribution in [3.05, 3.63) is 102 Å². The third-order valence-electron chi connectivity index (χ3n) is 8.82. The van der Waals surface area contributed by atoms with Crippen LogP contribution >= 0.6 is 0 Å². The Labute approximate surface area is 236 Å². The fourth-order valence-electron chi connectivity index (χ4n) is 6.64. The number of hydrogen-bond donors (Lipinski definition) is 0. The fourth-order valence-corrected chi connectivity index (χ4v) is 6.64. The van der Waals surface area contributed by atoms with Crippen molar-refractivity contribution < 1.29 is 4.74 Å². The Kier molecular flexibility index (Phi) is 8.87. The number of rotatable bonds is 13. The number of methoxy groups -OCH3 is 1. The number of ether oxygens (including phenoxy) is 1. The molecule has 0 aromatic heterocycles. The lowest BCUT2D eigenvalue weighted by molar-refractivity contribution is 0.401. The molecule has 0 radical (unpaired) electrons. The quantitative estimate of drug-likeness (QED) is 0.161. The SMILES string of the molecule is CCCCCCC1(CCCCCC)c2ccccc2-c2ccc(-c3ccc(-c4ccc(OC)cc4)cc3)cc21. The molecular formula is C38H44O. The van der Waals surface area contributed by atoms with E-state index in [9.17, 15) is 0 Å². The molecule has 0 heterocycles. The van der Waals surface area contributed by atoms with Gasteiger partial charge >= 0.3 is 0 Å². The van der Waals surface area contributed by atoms with Gasteiger partial charge < -0.3 is 4.74 Å². The van der Waals surface area contributed by atoms with Crippen LogP contribution in [0.1, 0.15) is 89.2 Å². The molecule has 0 saturated carbocycles. The maximum Gasteiger partial charge on any atom is 0.118 e. The summed E-state index contributed by atoms with van der Waals surface area (Å²) in [5, 5.41) is 0. The molecule has 0 spiro atoms. The fraction of sp³-hybridized carbons (Fsp3) is 0.368. The molecule has 0 aliphatic heterocycles. The van der Waals surface area contributed by atoms with Gasteiger partial charge in [-0.3, -0.25) is 0 Å². The highest BCUT2D eigenvalue weighted by molar-refractivity contribution is 5.84. The van der Waals surface area contributed by atoms with Crippen LogP contribution in [0.5, 0.6) is 5.75 Å². The Hall–Kier alpha value is -3.32. The molecule has 1 nitrogen and oxygen atoms in total. The zero-order chi connectivity index (χ0) is 27.1. The molecule has 4 aromatic rings. The molecule has 1 aliphatic rings. The molecule has 0 N–H and O–H groups in total. The van der Waals surface area contributed by atoms with E-state index in [1.54, 1.807) is 18.2 Å². The van der Waals surface area contributed by atoms with Gasteiger partial charge in [-0.2, -0.15) is 0 Å². The first-order valence-electron chi connectivity index (χ1n) is 15.2. The third kappa shape index (κ3) is 5.69. The second kappa shape index (κ2) is 12.7. The van der Waals surface area contributed by atoms with Gasteiger partial charge in [0.25, 0.3) is 0 Å². The van der Waals surface area contributed by atoms with Crippen molar-refractivity contribution in [1.82, 2.24) is 0 Å². The van der Waals surface area contributed by atoms with E-state index in [1.807, 2.05) is 12.1 Å². The van der Waals surface area contributed by atoms with Crippen LogP contribution < -0.4 is 4.74 Å². The zero-order valence-corrected chi connectivity index (χ0v) is 24.1. The summed E-state index contributed by atoms with van der Waals surface area (Å²) in [6.45, 7) is 4.62. The van der Waals surface area contributed by atoms with Crippen LogP contribution in [0.4, 0.5) is 0 Å². The summed E-state index contributed by atoms with van der Waals surface area (Å²) < 4.78 is 5.33. The van der Waals surface area contributed by atoms with Crippen molar-refractivity contribution in [1.29, 1.82) is 0 Å². The molecule has 1 aliphatic carbocycles. The second-order valence-corrected chi connectivity index (χ2v) is 11.3. The topological polar surface area (TPSA) is 9.23 Å². The van der Waals surface area contributed by atoms with Gasteiger partial charge in [0.1, 0.15) is 5.75 Å². The Balaban J connectivity index is 1.50. The summed E-state index contributed by atoms with van der Waals surface area (Å²) in [5.74, 6) is 0.891. The van der Waals surface area contributed by atoms with Gasteiger partial charge in [0.15, 0.2) is 0 Å². The normalized spacial score (nSPS) is 13.2. The van der Waals surface area contributed by atoms with Crippen LogP contribution in [0.3, 0.4) is 0 Å². The minimum Gasteiger partial charge on any atom is -0.497 e. The molecule has 0 saturated heterocycles. The number of unbranched alkanes of at least 4 members (excludes halogenated alkanes) is 6. The van der Waals surface area contributed by atoms with Gasteiger partial charge in [-0.15, -0.1) is 0 Å². The van der Waals surface area contributed by atoms with Crippen LogP contribution in [0.25, 0.3) is 33.4 Å². The summed E-state index contributed by atoms with van der Waals surface area (Å²) in [6, 6.07) is 33.9. The lowest BCUT2D eigenvalue weighted by Gasteiger charge is -2.33. The van der Waals surface area contributed by atoms with E-state index in [0.29, 0.717) is 0 Å². The van der Waals surface area contributed by atoms with E-state index in [2.05, 4.69) is 92.7 Å². The van der Waals surface area contributed by atoms with Crippen molar-refractivity contribution in [2.75, 3.05) is 7.11 Å². The van der Waals surface area contributed by atoms with Crippen molar-refractivity contribution in [2.24, 2.45) is 0 Å². The van der Waals surface area contributed by atoms with Crippen molar-refractivity contribution in [2.45, 2.75) is 83.5 Å². The van der Waals surface area contributed by atoms with E-state index in [1.165, 1.54) is 97.6 Å². The van der Waals surface area contributed by atoms with Crippen molar-refractivity contribution >= 4 is 0 Å². The smallest absolute Gasteiger partial charge is 0.118 e. The molecule has 202 valence electrons. The number of fused-ring (bicyclic) bond motifs is 3. The van der Waals surface area contributed by atoms with Crippen LogP contribution in [-0.4, -0.2) is 7.11 Å². The molecule has 1 heteroatoms. The van der Waals surface area contributed by atoms with Crippen LogP contribution in [0.15, 0.2) is 91.0 Å². The van der Waals surface area contributed by atoms with E-state index in [0.717, 1.165) is 5.75 Å². The Morgan fingerprint density at radius 1 is 0.513 bits per heavy atom. The van der Waals surface area contributed by atoms with E-state index >= 15 is 0 Å². The average Bonchev–Trinajstić information content (AvgIpc) is 3.27. The molecule has 39 heavy (non-hydrogen) atoms. The van der Waals surface area contributed by atoms with E-state index < -0.39 is 0 Å². The van der Waals surface area contributed by atoms with Gasteiger partial charge in [-0.05, 0) is 75.5 Å². The van der Waals surface area contributed by atoms with Gasteiger partial charge in [0, 0.05) is 5.41 Å². The average molecular weight is 517 g/mol. The Bertz CT molecular complexity index is 1330. The minimum atomic E-state index is 0.131. The third-order valence-corrected chi connectivity index (χ3v) is 8.82. The highest BCUT2D eigenvalue weighted by Gasteiger charge is 2.42. The van der Waals surface area contributed by atoms with Crippen LogP contribution in [0.2, 0.25) is 0 Å². The summed E-state index contributed by atoms with van der Waals surface area (Å²) in [7, 11) is 1.71. The molecule has 0 atom stereocenters. The lowest BCUT2D eigenvalue weighted by atomic mass is 9.70. The summed E-state index contributed by atoms with van der Waals surface area (Å²) in [6.07, 6.45) is 13.0. The van der Waals surface area contributed by atoms with Crippen LogP contribution in [-0.2, 0) is 5.41 Å². The predicted octanol–water partition coefficient (Wildman–Crippen LogP) is 11.2. The van der Waals surface area contributed by atoms with E-state index in [4.69, 9.17) is 4.74 Å². The molecule has 5 rings (SSSR count). The van der Waals surface area contributed by atoms with Gasteiger partial charge in [0.2, 0.25) is 0 Å². The van der Waals surface area contributed by atoms with Gasteiger partial charge in [-0.1, -0.05) is 138 Å². The standard InChI is InChI=1S/C38H44O/c1-4-6-8-12-26-38(27-13-9-7-5-2)36-15-11-10-14-34(36)35-25-22-32(28-37(35)38)31-18-16-29(17-19-31)30-20-23-33(39-3)24-21-30/h10-11,14-25,28H,4-9,12-13,26-27H2,1-3H3.